The first-order chi connectivity index (χ1) is 20.3. The molecule has 0 aliphatic carbocycles. The van der Waals surface area contributed by atoms with Gasteiger partial charge in [-0.3, -0.25) is 4.57 Å². The molecule has 7 rings (SSSR count). The monoisotopic (exact) mass is 455 g/mol. The molecule has 0 bridgehead atoms. The van der Waals surface area contributed by atoms with E-state index in [-0.39, 0.29) is 40.5 Å². The zero-order valence-electron chi connectivity index (χ0n) is 26.0. The van der Waals surface area contributed by atoms with Crippen LogP contribution < -0.4 is 0 Å². The molecule has 0 spiro atoms. The smallest absolute Gasteiger partial charge is 0.114 e. The van der Waals surface area contributed by atoms with Gasteiger partial charge in [0.1, 0.15) is 5.82 Å². The van der Waals surface area contributed by atoms with Crippen LogP contribution in [0.3, 0.4) is 0 Å². The van der Waals surface area contributed by atoms with E-state index >= 15 is 0 Å². The number of imidazole rings is 1. The Labute approximate surface area is 213 Å². The highest BCUT2D eigenvalue weighted by Crippen LogP contribution is 2.42. The molecule has 0 aliphatic rings. The van der Waals surface area contributed by atoms with Crippen LogP contribution in [0.1, 0.15) is 22.3 Å². The van der Waals surface area contributed by atoms with E-state index in [4.69, 9.17) is 13.2 Å². The van der Waals surface area contributed by atoms with Crippen LogP contribution in [0.4, 0.5) is 0 Å². The van der Waals surface area contributed by atoms with Crippen molar-refractivity contribution in [3.8, 4) is 16.8 Å². The standard InChI is InChI=1S/C33H24N2/c1-2-31-34-29-17-9-10-18-30(29)35(31)33-27-15-7-5-13-25(27)32(26-14-6-8-16-28(26)33)24-20-19-22-11-3-4-12-23(22)21-24/h3-21H,2H2,1H3/i3D,4D,11D,12D,19D,20D,21D. The lowest BCUT2D eigenvalue weighted by molar-refractivity contribution is 0.917. The third-order valence-corrected chi connectivity index (χ3v) is 6.57. The van der Waals surface area contributed by atoms with Gasteiger partial charge in [0.25, 0.3) is 0 Å². The van der Waals surface area contributed by atoms with Gasteiger partial charge in [-0.05, 0) is 50.8 Å². The quantitative estimate of drug-likeness (QED) is 0.244. The summed E-state index contributed by atoms with van der Waals surface area (Å²) in [4.78, 5) is 4.92. The van der Waals surface area contributed by atoms with E-state index in [9.17, 15) is 1.37 Å². The number of rotatable bonds is 3. The second-order valence-electron chi connectivity index (χ2n) is 8.52. The molecule has 7 aromatic rings. The van der Waals surface area contributed by atoms with Crippen molar-refractivity contribution in [1.29, 1.82) is 0 Å². The molecule has 0 N–H and O–H groups in total. The maximum atomic E-state index is 9.27. The van der Waals surface area contributed by atoms with Crippen LogP contribution in [0.25, 0.3) is 60.2 Å². The maximum Gasteiger partial charge on any atom is 0.114 e. The lowest BCUT2D eigenvalue weighted by Gasteiger charge is -2.20. The summed E-state index contributed by atoms with van der Waals surface area (Å²) in [7, 11) is 0. The highest BCUT2D eigenvalue weighted by molar-refractivity contribution is 6.19. The van der Waals surface area contributed by atoms with Gasteiger partial charge in [0.2, 0.25) is 0 Å². The number of hydrogen-bond donors (Lipinski definition) is 0. The lowest BCUT2D eigenvalue weighted by atomic mass is 9.89. The molecule has 2 nitrogen and oxygen atoms in total. The van der Waals surface area contributed by atoms with E-state index in [1.54, 1.807) is 0 Å². The van der Waals surface area contributed by atoms with Gasteiger partial charge in [0.15, 0.2) is 0 Å². The number of para-hydroxylation sites is 2. The van der Waals surface area contributed by atoms with Crippen molar-refractivity contribution in [1.82, 2.24) is 9.55 Å². The lowest BCUT2D eigenvalue weighted by Crippen LogP contribution is -2.03. The van der Waals surface area contributed by atoms with Gasteiger partial charge in [0.05, 0.1) is 26.3 Å². The molecule has 0 aliphatic heterocycles. The Morgan fingerprint density at radius 2 is 1.34 bits per heavy atom. The Kier molecular flexibility index (Phi) is 3.14. The summed E-state index contributed by atoms with van der Waals surface area (Å²) in [5.74, 6) is 0.900. The minimum absolute atomic E-state index is 0.0527. The fourth-order valence-corrected chi connectivity index (χ4v) is 5.08. The van der Waals surface area contributed by atoms with Crippen LogP contribution in [-0.2, 0) is 6.42 Å². The van der Waals surface area contributed by atoms with Gasteiger partial charge in [-0.25, -0.2) is 4.98 Å². The maximum absolute atomic E-state index is 9.27. The fourth-order valence-electron chi connectivity index (χ4n) is 5.08. The highest BCUT2D eigenvalue weighted by atomic mass is 15.1. The number of fused-ring (bicyclic) bond motifs is 4. The molecule has 1 aromatic heterocycles. The molecule has 2 heteroatoms. The van der Waals surface area contributed by atoms with Gasteiger partial charge in [-0.1, -0.05) is 104 Å². The predicted octanol–water partition coefficient (Wildman–Crippen LogP) is 8.71. The van der Waals surface area contributed by atoms with E-state index in [1.807, 2.05) is 72.8 Å². The summed E-state index contributed by atoms with van der Waals surface area (Å²) < 4.78 is 62.8. The summed E-state index contributed by atoms with van der Waals surface area (Å²) in [6.45, 7) is 2.07. The molecule has 0 radical (unpaired) electrons. The SMILES string of the molecule is [2H]c1c([2H])c([2H])c2c([2H])c(-c3c4ccccc4c(-n4c(CC)nc5ccccc54)c4ccccc34)c([2H])c([2H])c2c1[2H]. The van der Waals surface area contributed by atoms with E-state index in [0.717, 1.165) is 44.1 Å². The molecule has 0 fully saturated rings. The summed E-state index contributed by atoms with van der Waals surface area (Å²) in [6.07, 6.45) is 0.703. The van der Waals surface area contributed by atoms with Gasteiger partial charge in [-0.15, -0.1) is 0 Å². The van der Waals surface area contributed by atoms with Crippen molar-refractivity contribution in [2.45, 2.75) is 13.3 Å². The van der Waals surface area contributed by atoms with Gasteiger partial charge in [0, 0.05) is 17.2 Å². The molecular weight excluding hydrogens is 424 g/mol. The first kappa shape index (κ1) is 14.1. The van der Waals surface area contributed by atoms with E-state index in [2.05, 4.69) is 11.5 Å². The summed E-state index contributed by atoms with van der Waals surface area (Å²) in [5.41, 5.74) is 3.54. The first-order valence-corrected chi connectivity index (χ1v) is 11.7. The molecular formula is C33H24N2. The summed E-state index contributed by atoms with van der Waals surface area (Å²) >= 11 is 0. The fraction of sp³-hybridized carbons (Fsp3) is 0.0606. The predicted molar refractivity (Wildman–Crippen MR) is 148 cm³/mol. The Morgan fingerprint density at radius 1 is 0.714 bits per heavy atom. The van der Waals surface area contributed by atoms with Crippen LogP contribution in [-0.4, -0.2) is 9.55 Å². The molecule has 35 heavy (non-hydrogen) atoms. The van der Waals surface area contributed by atoms with Crippen LogP contribution in [0.15, 0.2) is 115 Å². The first-order valence-electron chi connectivity index (χ1n) is 15.2. The van der Waals surface area contributed by atoms with Crippen molar-refractivity contribution >= 4 is 43.4 Å². The number of aromatic nitrogens is 2. The Bertz CT molecular complexity index is 2210. The molecule has 6 aromatic carbocycles. The molecule has 0 amide bonds. The summed E-state index contributed by atoms with van der Waals surface area (Å²) in [5, 5.41) is 3.14. The zero-order chi connectivity index (χ0) is 29.4. The van der Waals surface area contributed by atoms with Gasteiger partial charge in [-0.2, -0.15) is 0 Å². The average molecular weight is 456 g/mol. The van der Waals surface area contributed by atoms with Gasteiger partial charge >= 0.3 is 0 Å². The largest absolute Gasteiger partial charge is 0.295 e. The highest BCUT2D eigenvalue weighted by Gasteiger charge is 2.20. The van der Waals surface area contributed by atoms with Crippen LogP contribution in [0.2, 0.25) is 0 Å². The van der Waals surface area contributed by atoms with E-state index in [0.29, 0.717) is 12.0 Å². The number of aryl methyl sites for hydroxylation is 1. The van der Waals surface area contributed by atoms with Crippen LogP contribution >= 0.6 is 0 Å². The van der Waals surface area contributed by atoms with E-state index in [1.165, 1.54) is 0 Å². The Morgan fingerprint density at radius 3 is 2.06 bits per heavy atom. The zero-order valence-corrected chi connectivity index (χ0v) is 19.0. The van der Waals surface area contributed by atoms with Gasteiger partial charge < -0.3 is 0 Å². The van der Waals surface area contributed by atoms with Crippen LogP contribution in [0.5, 0.6) is 0 Å². The number of benzene rings is 6. The topological polar surface area (TPSA) is 17.8 Å². The normalized spacial score (nSPS) is 14.5. The second-order valence-corrected chi connectivity index (χ2v) is 8.52. The molecule has 0 saturated heterocycles. The Balaban J connectivity index is 1.72. The van der Waals surface area contributed by atoms with Crippen molar-refractivity contribution < 1.29 is 9.60 Å². The minimum atomic E-state index is -0.480. The minimum Gasteiger partial charge on any atom is -0.295 e. The van der Waals surface area contributed by atoms with Crippen LogP contribution in [0, 0.1) is 0 Å². The number of nitrogens with zero attached hydrogens (tertiary/aromatic N) is 2. The van der Waals surface area contributed by atoms with Crippen molar-refractivity contribution in [2.75, 3.05) is 0 Å². The second kappa shape index (κ2) is 7.82. The van der Waals surface area contributed by atoms with Crippen molar-refractivity contribution in [2.24, 2.45) is 0 Å². The molecule has 0 saturated carbocycles. The van der Waals surface area contributed by atoms with Crippen molar-refractivity contribution in [3.05, 3.63) is 121 Å². The molecule has 1 heterocycles. The van der Waals surface area contributed by atoms with Crippen molar-refractivity contribution in [3.63, 3.8) is 0 Å². The molecule has 0 atom stereocenters. The third kappa shape index (κ3) is 3.00. The summed E-state index contributed by atoms with van der Waals surface area (Å²) in [6, 6.07) is 21.1. The van der Waals surface area contributed by atoms with E-state index < -0.39 is 18.1 Å². The third-order valence-electron chi connectivity index (χ3n) is 6.57. The Hall–Kier alpha value is -4.43. The average Bonchev–Trinajstić information content (AvgIpc) is 3.38. The number of hydrogen-bond acceptors (Lipinski definition) is 1. The molecule has 166 valence electrons. The molecule has 0 unspecified atom stereocenters.